The van der Waals surface area contributed by atoms with E-state index in [4.69, 9.17) is 9.47 Å². The topological polar surface area (TPSA) is 38.8 Å². The van der Waals surface area contributed by atoms with E-state index in [2.05, 4.69) is 6.07 Å². The van der Waals surface area contributed by atoms with E-state index in [9.17, 15) is 4.79 Å². The highest BCUT2D eigenvalue weighted by molar-refractivity contribution is 5.81. The number of fused-ring (bicyclic) bond motifs is 2. The summed E-state index contributed by atoms with van der Waals surface area (Å²) in [5.74, 6) is 2.07. The van der Waals surface area contributed by atoms with E-state index in [-0.39, 0.29) is 5.91 Å². The van der Waals surface area contributed by atoms with Crippen molar-refractivity contribution in [2.24, 2.45) is 0 Å². The molecule has 0 bridgehead atoms. The first-order valence-electron chi connectivity index (χ1n) is 7.45. The third-order valence-electron chi connectivity index (χ3n) is 4.20. The zero-order valence-electron chi connectivity index (χ0n) is 12.2. The van der Waals surface area contributed by atoms with Gasteiger partial charge in [0.25, 0.3) is 0 Å². The summed E-state index contributed by atoms with van der Waals surface area (Å²) in [6.45, 7) is 6.96. The molecule has 0 spiro atoms. The van der Waals surface area contributed by atoms with Gasteiger partial charge in [-0.15, -0.1) is 0 Å². The Kier molecular flexibility index (Phi) is 3.55. The largest absolute Gasteiger partial charge is 0.493 e. The summed E-state index contributed by atoms with van der Waals surface area (Å²) in [6.07, 6.45) is 2.22. The zero-order chi connectivity index (χ0) is 14.1. The lowest BCUT2D eigenvalue weighted by atomic mass is 9.97. The van der Waals surface area contributed by atoms with E-state index in [1.807, 2.05) is 18.7 Å². The predicted molar refractivity (Wildman–Crippen MR) is 76.5 cm³/mol. The number of carbonyl (C=O) groups excluding carboxylic acids is 1. The Morgan fingerprint density at radius 3 is 2.70 bits per heavy atom. The molecular formula is C16H21NO3. The lowest BCUT2D eigenvalue weighted by molar-refractivity contribution is -0.130. The van der Waals surface area contributed by atoms with Gasteiger partial charge in [0.15, 0.2) is 0 Å². The van der Waals surface area contributed by atoms with Crippen LogP contribution in [0.2, 0.25) is 0 Å². The molecule has 0 aromatic heterocycles. The van der Waals surface area contributed by atoms with Gasteiger partial charge in [0.2, 0.25) is 5.91 Å². The van der Waals surface area contributed by atoms with Crippen molar-refractivity contribution in [2.45, 2.75) is 33.1 Å². The van der Waals surface area contributed by atoms with Crippen LogP contribution in [0.5, 0.6) is 11.5 Å². The number of ether oxygens (including phenoxy) is 2. The molecule has 0 fully saturated rings. The van der Waals surface area contributed by atoms with Crippen LogP contribution in [0.4, 0.5) is 0 Å². The first-order valence-corrected chi connectivity index (χ1v) is 7.45. The van der Waals surface area contributed by atoms with Crippen LogP contribution in [0.3, 0.4) is 0 Å². The van der Waals surface area contributed by atoms with Crippen LogP contribution in [-0.2, 0) is 24.1 Å². The fourth-order valence-electron chi connectivity index (χ4n) is 3.11. The van der Waals surface area contributed by atoms with Crippen LogP contribution in [0.15, 0.2) is 6.07 Å². The van der Waals surface area contributed by atoms with Crippen molar-refractivity contribution in [3.63, 3.8) is 0 Å². The number of rotatable bonds is 4. The Hall–Kier alpha value is -1.71. The van der Waals surface area contributed by atoms with Gasteiger partial charge in [-0.25, -0.2) is 0 Å². The SMILES string of the molecule is CCN(CC)C(=O)Cc1c2c(cc3c1OCC3)OCC2. The predicted octanol–water partition coefficient (Wildman–Crippen LogP) is 1.97. The minimum atomic E-state index is 0.174. The smallest absolute Gasteiger partial charge is 0.227 e. The minimum absolute atomic E-state index is 0.174. The van der Waals surface area contributed by atoms with Gasteiger partial charge in [-0.3, -0.25) is 4.79 Å². The standard InChI is InChI=1S/C16H21NO3/c1-3-17(4-2)15(18)10-13-12-6-8-19-14(12)9-11-5-7-20-16(11)13/h9H,3-8,10H2,1-2H3. The number of hydrogen-bond donors (Lipinski definition) is 0. The summed E-state index contributed by atoms with van der Waals surface area (Å²) in [4.78, 5) is 14.3. The molecule has 4 heteroatoms. The molecule has 1 aromatic rings. The number of carbonyl (C=O) groups is 1. The Labute approximate surface area is 119 Å². The number of amides is 1. The van der Waals surface area contributed by atoms with E-state index in [0.717, 1.165) is 43.0 Å². The highest BCUT2D eigenvalue weighted by atomic mass is 16.5. The Morgan fingerprint density at radius 2 is 1.95 bits per heavy atom. The Balaban J connectivity index is 1.95. The third-order valence-corrected chi connectivity index (χ3v) is 4.20. The molecule has 0 atom stereocenters. The van der Waals surface area contributed by atoms with E-state index in [1.165, 1.54) is 11.1 Å². The summed E-state index contributed by atoms with van der Waals surface area (Å²) < 4.78 is 11.5. The maximum absolute atomic E-state index is 12.4. The molecule has 2 aliphatic rings. The van der Waals surface area contributed by atoms with Gasteiger partial charge in [-0.1, -0.05) is 0 Å². The van der Waals surface area contributed by atoms with Gasteiger partial charge >= 0.3 is 0 Å². The second kappa shape index (κ2) is 5.35. The molecular weight excluding hydrogens is 254 g/mol. The van der Waals surface area contributed by atoms with Crippen molar-refractivity contribution in [1.29, 1.82) is 0 Å². The van der Waals surface area contributed by atoms with Gasteiger partial charge in [-0.05, 0) is 19.9 Å². The molecule has 0 unspecified atom stereocenters. The fraction of sp³-hybridized carbons (Fsp3) is 0.562. The first kappa shape index (κ1) is 13.3. The second-order valence-corrected chi connectivity index (χ2v) is 5.26. The van der Waals surface area contributed by atoms with Gasteiger partial charge in [-0.2, -0.15) is 0 Å². The number of likely N-dealkylation sites (N-methyl/N-ethyl adjacent to an activating group) is 1. The highest BCUT2D eigenvalue weighted by Gasteiger charge is 2.28. The van der Waals surface area contributed by atoms with Crippen molar-refractivity contribution in [3.05, 3.63) is 22.8 Å². The van der Waals surface area contributed by atoms with Crippen LogP contribution in [-0.4, -0.2) is 37.1 Å². The van der Waals surface area contributed by atoms with Crippen LogP contribution < -0.4 is 9.47 Å². The molecule has 0 radical (unpaired) electrons. The van der Waals surface area contributed by atoms with Crippen LogP contribution in [0.1, 0.15) is 30.5 Å². The van der Waals surface area contributed by atoms with Crippen molar-refractivity contribution in [2.75, 3.05) is 26.3 Å². The quantitative estimate of drug-likeness (QED) is 0.843. The van der Waals surface area contributed by atoms with Crippen molar-refractivity contribution < 1.29 is 14.3 Å². The number of nitrogens with zero attached hydrogens (tertiary/aromatic N) is 1. The molecule has 4 nitrogen and oxygen atoms in total. The van der Waals surface area contributed by atoms with Crippen molar-refractivity contribution >= 4 is 5.91 Å². The molecule has 3 rings (SSSR count). The average Bonchev–Trinajstić information content (AvgIpc) is 3.08. The average molecular weight is 275 g/mol. The molecule has 1 aromatic carbocycles. The zero-order valence-corrected chi connectivity index (χ0v) is 12.2. The lowest BCUT2D eigenvalue weighted by Gasteiger charge is -2.20. The Morgan fingerprint density at radius 1 is 1.20 bits per heavy atom. The lowest BCUT2D eigenvalue weighted by Crippen LogP contribution is -2.32. The highest BCUT2D eigenvalue weighted by Crippen LogP contribution is 2.40. The summed E-state index contributed by atoms with van der Waals surface area (Å²) in [7, 11) is 0. The monoisotopic (exact) mass is 275 g/mol. The fourth-order valence-corrected chi connectivity index (χ4v) is 3.11. The number of hydrogen-bond acceptors (Lipinski definition) is 3. The van der Waals surface area contributed by atoms with Gasteiger partial charge in [0.05, 0.1) is 19.6 Å². The second-order valence-electron chi connectivity index (χ2n) is 5.26. The van der Waals surface area contributed by atoms with Crippen LogP contribution in [0, 0.1) is 0 Å². The van der Waals surface area contributed by atoms with Gasteiger partial charge < -0.3 is 14.4 Å². The summed E-state index contributed by atoms with van der Waals surface area (Å²) in [5.41, 5.74) is 3.42. The van der Waals surface area contributed by atoms with Crippen LogP contribution in [0.25, 0.3) is 0 Å². The van der Waals surface area contributed by atoms with E-state index in [0.29, 0.717) is 19.6 Å². The van der Waals surface area contributed by atoms with Crippen LogP contribution >= 0.6 is 0 Å². The van der Waals surface area contributed by atoms with Gasteiger partial charge in [0, 0.05) is 42.6 Å². The molecule has 2 heterocycles. The molecule has 108 valence electrons. The van der Waals surface area contributed by atoms with Crippen molar-refractivity contribution in [1.82, 2.24) is 4.90 Å². The normalized spacial score (nSPS) is 15.3. The minimum Gasteiger partial charge on any atom is -0.493 e. The van der Waals surface area contributed by atoms with E-state index in [1.54, 1.807) is 0 Å². The maximum atomic E-state index is 12.4. The van der Waals surface area contributed by atoms with E-state index < -0.39 is 0 Å². The summed E-state index contributed by atoms with van der Waals surface area (Å²) in [5, 5.41) is 0. The molecule has 2 aliphatic heterocycles. The Bertz CT molecular complexity index is 503. The van der Waals surface area contributed by atoms with Crippen molar-refractivity contribution in [3.8, 4) is 11.5 Å². The van der Waals surface area contributed by atoms with Gasteiger partial charge in [0.1, 0.15) is 11.5 Å². The summed E-state index contributed by atoms with van der Waals surface area (Å²) in [6, 6.07) is 2.09. The molecule has 0 N–H and O–H groups in total. The van der Waals surface area contributed by atoms with E-state index >= 15 is 0 Å². The molecule has 0 saturated heterocycles. The molecule has 20 heavy (non-hydrogen) atoms. The first-order chi connectivity index (χ1) is 9.74. The summed E-state index contributed by atoms with van der Waals surface area (Å²) >= 11 is 0. The molecule has 1 amide bonds. The molecule has 0 aliphatic carbocycles. The maximum Gasteiger partial charge on any atom is 0.227 e. The third kappa shape index (κ3) is 2.13. The number of benzene rings is 1. The molecule has 0 saturated carbocycles.